The summed E-state index contributed by atoms with van der Waals surface area (Å²) in [6.45, 7) is 2.19. The summed E-state index contributed by atoms with van der Waals surface area (Å²) in [6.07, 6.45) is 3.68. The molecule has 0 radical (unpaired) electrons. The summed E-state index contributed by atoms with van der Waals surface area (Å²) in [6, 6.07) is 1.83. The van der Waals surface area contributed by atoms with E-state index in [4.69, 9.17) is 10.3 Å². The van der Waals surface area contributed by atoms with Crippen LogP contribution in [0, 0.1) is 0 Å². The first-order valence-corrected chi connectivity index (χ1v) is 3.93. The lowest BCUT2D eigenvalue weighted by Crippen LogP contribution is -2.29. The smallest absolute Gasteiger partial charge is 0.167 e. The zero-order valence-corrected chi connectivity index (χ0v) is 6.63. The highest BCUT2D eigenvalue weighted by Gasteiger charge is 2.37. The molecule has 11 heavy (non-hydrogen) atoms. The fraction of sp³-hybridized carbons (Fsp3) is 0.625. The quantitative estimate of drug-likeness (QED) is 0.666. The third-order valence-electron chi connectivity index (χ3n) is 2.58. The molecule has 1 fully saturated rings. The summed E-state index contributed by atoms with van der Waals surface area (Å²) >= 11 is 0. The zero-order valence-electron chi connectivity index (χ0n) is 6.63. The van der Waals surface area contributed by atoms with Crippen LogP contribution in [0.3, 0.4) is 0 Å². The Bertz CT molecular complexity index is 263. The van der Waals surface area contributed by atoms with Crippen LogP contribution in [0.1, 0.15) is 31.9 Å². The number of nitrogens with two attached hydrogens (primary N) is 1. The van der Waals surface area contributed by atoms with E-state index in [0.29, 0.717) is 5.82 Å². The van der Waals surface area contributed by atoms with Crippen molar-refractivity contribution < 1.29 is 4.52 Å². The molecule has 1 aliphatic carbocycles. The first-order valence-electron chi connectivity index (χ1n) is 3.93. The molecule has 2 N–H and O–H groups in total. The molecule has 1 aromatic heterocycles. The SMILES string of the molecule is CC1(c2cc(N)no2)CCC1. The van der Waals surface area contributed by atoms with E-state index in [2.05, 4.69) is 12.1 Å². The second-order valence-corrected chi connectivity index (χ2v) is 3.53. The average molecular weight is 152 g/mol. The molecule has 0 aromatic carbocycles. The topological polar surface area (TPSA) is 52.0 Å². The van der Waals surface area contributed by atoms with E-state index in [1.807, 2.05) is 6.07 Å². The second kappa shape index (κ2) is 2.00. The predicted octanol–water partition coefficient (Wildman–Crippen LogP) is 1.70. The molecule has 2 rings (SSSR count). The average Bonchev–Trinajstić information content (AvgIpc) is 2.31. The highest BCUT2D eigenvalue weighted by molar-refractivity contribution is 5.30. The molecule has 0 amide bonds. The molecule has 0 unspecified atom stereocenters. The summed E-state index contributed by atoms with van der Waals surface area (Å²) in [4.78, 5) is 0. The Balaban J connectivity index is 2.28. The van der Waals surface area contributed by atoms with Crippen molar-refractivity contribution in [2.45, 2.75) is 31.6 Å². The van der Waals surface area contributed by atoms with E-state index in [1.165, 1.54) is 19.3 Å². The van der Waals surface area contributed by atoms with Crippen molar-refractivity contribution in [2.24, 2.45) is 0 Å². The summed E-state index contributed by atoms with van der Waals surface area (Å²) in [5.74, 6) is 1.44. The summed E-state index contributed by atoms with van der Waals surface area (Å²) in [5.41, 5.74) is 5.68. The lowest BCUT2D eigenvalue weighted by atomic mass is 9.69. The molecule has 0 spiro atoms. The molecule has 1 aliphatic rings. The summed E-state index contributed by atoms with van der Waals surface area (Å²) in [5, 5.41) is 3.67. The van der Waals surface area contributed by atoms with Crippen LogP contribution in [0.25, 0.3) is 0 Å². The van der Waals surface area contributed by atoms with Gasteiger partial charge in [-0.15, -0.1) is 0 Å². The third kappa shape index (κ3) is 0.914. The van der Waals surface area contributed by atoms with Crippen LogP contribution >= 0.6 is 0 Å². The van der Waals surface area contributed by atoms with Crippen LogP contribution in [0.4, 0.5) is 5.82 Å². The minimum atomic E-state index is 0.227. The lowest BCUT2D eigenvalue weighted by molar-refractivity contribution is 0.203. The first kappa shape index (κ1) is 6.70. The molecule has 0 aliphatic heterocycles. The molecule has 0 atom stereocenters. The van der Waals surface area contributed by atoms with Crippen LogP contribution in [0.15, 0.2) is 10.6 Å². The van der Waals surface area contributed by atoms with E-state index in [0.717, 1.165) is 5.76 Å². The Morgan fingerprint density at radius 3 is 2.73 bits per heavy atom. The van der Waals surface area contributed by atoms with E-state index in [1.54, 1.807) is 0 Å². The van der Waals surface area contributed by atoms with Crippen molar-refractivity contribution in [3.8, 4) is 0 Å². The standard InChI is InChI=1S/C8H12N2O/c1-8(3-2-4-8)6-5-7(9)10-11-6/h5H,2-4H2,1H3,(H2,9,10). The van der Waals surface area contributed by atoms with E-state index < -0.39 is 0 Å². The van der Waals surface area contributed by atoms with Crippen molar-refractivity contribution in [3.63, 3.8) is 0 Å². The zero-order chi connectivity index (χ0) is 7.90. The van der Waals surface area contributed by atoms with Crippen LogP contribution < -0.4 is 5.73 Å². The van der Waals surface area contributed by atoms with Gasteiger partial charge < -0.3 is 10.3 Å². The van der Waals surface area contributed by atoms with E-state index in [9.17, 15) is 0 Å². The number of hydrogen-bond donors (Lipinski definition) is 1. The molecule has 1 aromatic rings. The van der Waals surface area contributed by atoms with Crippen LogP contribution in [-0.2, 0) is 5.41 Å². The molecule has 3 heteroatoms. The molecular weight excluding hydrogens is 140 g/mol. The van der Waals surface area contributed by atoms with Gasteiger partial charge in [0.25, 0.3) is 0 Å². The molecule has 0 bridgehead atoms. The van der Waals surface area contributed by atoms with Crippen molar-refractivity contribution >= 4 is 5.82 Å². The van der Waals surface area contributed by atoms with Gasteiger partial charge in [0.15, 0.2) is 5.82 Å². The van der Waals surface area contributed by atoms with Gasteiger partial charge in [-0.1, -0.05) is 18.5 Å². The Morgan fingerprint density at radius 1 is 1.64 bits per heavy atom. The number of hydrogen-bond acceptors (Lipinski definition) is 3. The fourth-order valence-electron chi connectivity index (χ4n) is 1.53. The monoisotopic (exact) mass is 152 g/mol. The molecule has 1 heterocycles. The van der Waals surface area contributed by atoms with Gasteiger partial charge in [-0.3, -0.25) is 0 Å². The molecule has 1 saturated carbocycles. The highest BCUT2D eigenvalue weighted by atomic mass is 16.5. The lowest BCUT2D eigenvalue weighted by Gasteiger charge is -2.35. The second-order valence-electron chi connectivity index (χ2n) is 3.53. The maximum atomic E-state index is 5.45. The van der Waals surface area contributed by atoms with Gasteiger partial charge in [0.1, 0.15) is 5.76 Å². The van der Waals surface area contributed by atoms with Crippen molar-refractivity contribution in [1.29, 1.82) is 0 Å². The van der Waals surface area contributed by atoms with Crippen molar-refractivity contribution in [1.82, 2.24) is 5.16 Å². The van der Waals surface area contributed by atoms with Gasteiger partial charge in [-0.25, -0.2) is 0 Å². The van der Waals surface area contributed by atoms with Crippen LogP contribution in [-0.4, -0.2) is 5.16 Å². The van der Waals surface area contributed by atoms with Crippen LogP contribution in [0.5, 0.6) is 0 Å². The number of aromatic nitrogens is 1. The van der Waals surface area contributed by atoms with Gasteiger partial charge in [-0.2, -0.15) is 0 Å². The minimum absolute atomic E-state index is 0.227. The largest absolute Gasteiger partial charge is 0.381 e. The highest BCUT2D eigenvalue weighted by Crippen LogP contribution is 2.43. The van der Waals surface area contributed by atoms with Gasteiger partial charge in [0, 0.05) is 11.5 Å². The molecule has 60 valence electrons. The van der Waals surface area contributed by atoms with Gasteiger partial charge in [-0.05, 0) is 12.8 Å². The van der Waals surface area contributed by atoms with E-state index >= 15 is 0 Å². The van der Waals surface area contributed by atoms with Crippen LogP contribution in [0.2, 0.25) is 0 Å². The molecule has 3 nitrogen and oxygen atoms in total. The first-order chi connectivity index (χ1) is 5.21. The normalized spacial score (nSPS) is 21.2. The minimum Gasteiger partial charge on any atom is -0.381 e. The molecule has 0 saturated heterocycles. The number of nitrogen functional groups attached to an aromatic ring is 1. The number of rotatable bonds is 1. The van der Waals surface area contributed by atoms with Crippen molar-refractivity contribution in [3.05, 3.63) is 11.8 Å². The maximum absolute atomic E-state index is 5.45. The van der Waals surface area contributed by atoms with E-state index in [-0.39, 0.29) is 5.41 Å². The fourth-order valence-corrected chi connectivity index (χ4v) is 1.53. The number of anilines is 1. The third-order valence-corrected chi connectivity index (χ3v) is 2.58. The summed E-state index contributed by atoms with van der Waals surface area (Å²) < 4.78 is 5.10. The van der Waals surface area contributed by atoms with Gasteiger partial charge in [0.2, 0.25) is 0 Å². The summed E-state index contributed by atoms with van der Waals surface area (Å²) in [7, 11) is 0. The molecular formula is C8H12N2O. The Morgan fingerprint density at radius 2 is 2.36 bits per heavy atom. The van der Waals surface area contributed by atoms with Gasteiger partial charge >= 0.3 is 0 Å². The Hall–Kier alpha value is -0.990. The Kier molecular flexibility index (Phi) is 1.22. The Labute approximate surface area is 65.6 Å². The predicted molar refractivity (Wildman–Crippen MR) is 42.1 cm³/mol. The maximum Gasteiger partial charge on any atom is 0.167 e. The van der Waals surface area contributed by atoms with Crippen molar-refractivity contribution in [2.75, 3.05) is 5.73 Å². The van der Waals surface area contributed by atoms with Gasteiger partial charge in [0.05, 0.1) is 0 Å². The number of nitrogens with zero attached hydrogens (tertiary/aromatic N) is 1.